The molecule has 0 radical (unpaired) electrons. The van der Waals surface area contributed by atoms with E-state index in [1.807, 2.05) is 5.57 Å². The topological polar surface area (TPSA) is 12.5 Å². The fraction of sp³-hybridized carbons (Fsp3) is 0.900. The Morgan fingerprint density at radius 3 is 3.00 bits per heavy atom. The molecule has 0 aromatic heterocycles. The van der Waals surface area contributed by atoms with Crippen LogP contribution in [0.25, 0.3) is 0 Å². The van der Waals surface area contributed by atoms with Crippen LogP contribution in [0, 0.1) is 34.5 Å². The number of hydrogen-bond donors (Lipinski definition) is 0. The average Bonchev–Trinajstić information content (AvgIpc) is 3.16. The lowest BCUT2D eigenvalue weighted by molar-refractivity contribution is -0.0947. The standard InChI is InChI=1S/C20H30O/c1-12-11-20(3)15(10-16-18(20)21-16)14-8-7-13-6-4-5-9-19(13,2)17(12)14/h6,12,14-18H,4-5,7-11H2,1-3H3/t12-,14?,15?,16-,17?,18-,19+,20+/m1/s1. The molecular weight excluding hydrogens is 256 g/mol. The maximum Gasteiger partial charge on any atom is 0.0898 e. The van der Waals surface area contributed by atoms with E-state index in [2.05, 4.69) is 26.8 Å². The highest BCUT2D eigenvalue weighted by molar-refractivity contribution is 5.26. The molecule has 4 fully saturated rings. The van der Waals surface area contributed by atoms with Gasteiger partial charge in [0.2, 0.25) is 0 Å². The minimum Gasteiger partial charge on any atom is -0.369 e. The van der Waals surface area contributed by atoms with E-state index >= 15 is 0 Å². The van der Waals surface area contributed by atoms with Crippen LogP contribution >= 0.6 is 0 Å². The van der Waals surface area contributed by atoms with E-state index in [4.69, 9.17) is 4.74 Å². The first kappa shape index (κ1) is 13.2. The zero-order valence-electron chi connectivity index (χ0n) is 13.9. The minimum atomic E-state index is 0.511. The van der Waals surface area contributed by atoms with Gasteiger partial charge in [0.15, 0.2) is 0 Å². The lowest BCUT2D eigenvalue weighted by Gasteiger charge is -2.60. The fourth-order valence-electron chi connectivity index (χ4n) is 7.77. The second kappa shape index (κ2) is 3.96. The SMILES string of the molecule is C[C@@H]1C[C@@]2(C)C(C[C@H]3O[C@H]32)C2CCC3=CCCC[C@]3(C)C21. The normalized spacial score (nSPS) is 61.2. The zero-order chi connectivity index (χ0) is 14.4. The van der Waals surface area contributed by atoms with E-state index in [0.29, 0.717) is 23.0 Å². The quantitative estimate of drug-likeness (QED) is 0.453. The maximum absolute atomic E-state index is 5.97. The van der Waals surface area contributed by atoms with Gasteiger partial charge in [-0.15, -0.1) is 0 Å². The van der Waals surface area contributed by atoms with Crippen molar-refractivity contribution in [1.82, 2.24) is 0 Å². The van der Waals surface area contributed by atoms with Gasteiger partial charge in [-0.1, -0.05) is 32.4 Å². The molecule has 21 heavy (non-hydrogen) atoms. The van der Waals surface area contributed by atoms with Crippen molar-refractivity contribution in [3.63, 3.8) is 0 Å². The third-order valence-electron chi connectivity index (χ3n) is 8.43. The number of epoxide rings is 1. The molecule has 8 atom stereocenters. The molecule has 0 amide bonds. The van der Waals surface area contributed by atoms with Gasteiger partial charge in [0.05, 0.1) is 12.2 Å². The molecule has 4 aliphatic carbocycles. The number of rotatable bonds is 0. The zero-order valence-corrected chi connectivity index (χ0v) is 13.9. The third kappa shape index (κ3) is 1.52. The summed E-state index contributed by atoms with van der Waals surface area (Å²) in [7, 11) is 0. The Balaban J connectivity index is 1.56. The van der Waals surface area contributed by atoms with Gasteiger partial charge in [-0.05, 0) is 79.4 Å². The highest BCUT2D eigenvalue weighted by Crippen LogP contribution is 2.70. The predicted molar refractivity (Wildman–Crippen MR) is 84.9 cm³/mol. The molecule has 0 aromatic rings. The highest BCUT2D eigenvalue weighted by Gasteiger charge is 2.68. The molecule has 1 nitrogen and oxygen atoms in total. The van der Waals surface area contributed by atoms with E-state index in [1.165, 1.54) is 44.9 Å². The van der Waals surface area contributed by atoms with Crippen LogP contribution in [0.3, 0.4) is 0 Å². The second-order valence-corrected chi connectivity index (χ2v) is 9.39. The van der Waals surface area contributed by atoms with Crippen molar-refractivity contribution in [2.24, 2.45) is 34.5 Å². The Morgan fingerprint density at radius 1 is 1.29 bits per heavy atom. The molecule has 1 saturated heterocycles. The van der Waals surface area contributed by atoms with Gasteiger partial charge in [0, 0.05) is 0 Å². The Kier molecular flexibility index (Phi) is 2.48. The summed E-state index contributed by atoms with van der Waals surface area (Å²) in [6.07, 6.45) is 13.8. The van der Waals surface area contributed by atoms with Crippen molar-refractivity contribution in [2.45, 2.75) is 77.9 Å². The minimum absolute atomic E-state index is 0.511. The van der Waals surface area contributed by atoms with Crippen molar-refractivity contribution in [2.75, 3.05) is 0 Å². The summed E-state index contributed by atoms with van der Waals surface area (Å²) >= 11 is 0. The van der Waals surface area contributed by atoms with Crippen molar-refractivity contribution in [3.05, 3.63) is 11.6 Å². The average molecular weight is 286 g/mol. The molecular formula is C20H30O. The first-order valence-electron chi connectivity index (χ1n) is 9.39. The maximum atomic E-state index is 5.97. The molecule has 5 rings (SSSR count). The van der Waals surface area contributed by atoms with Crippen molar-refractivity contribution in [3.8, 4) is 0 Å². The van der Waals surface area contributed by atoms with Crippen LogP contribution < -0.4 is 0 Å². The first-order chi connectivity index (χ1) is 10.0. The summed E-state index contributed by atoms with van der Waals surface area (Å²) in [5.74, 6) is 3.78. The summed E-state index contributed by atoms with van der Waals surface area (Å²) in [6.45, 7) is 7.76. The van der Waals surface area contributed by atoms with Gasteiger partial charge in [-0.2, -0.15) is 0 Å². The molecule has 3 saturated carbocycles. The lowest BCUT2D eigenvalue weighted by atomic mass is 9.45. The van der Waals surface area contributed by atoms with Crippen LogP contribution in [0.1, 0.15) is 65.7 Å². The van der Waals surface area contributed by atoms with E-state index in [9.17, 15) is 0 Å². The molecule has 0 spiro atoms. The van der Waals surface area contributed by atoms with Crippen LogP contribution in [0.4, 0.5) is 0 Å². The summed E-state index contributed by atoms with van der Waals surface area (Å²) in [5, 5.41) is 0. The van der Waals surface area contributed by atoms with E-state index in [-0.39, 0.29) is 0 Å². The Morgan fingerprint density at radius 2 is 2.14 bits per heavy atom. The number of hydrogen-bond acceptors (Lipinski definition) is 1. The molecule has 116 valence electrons. The van der Waals surface area contributed by atoms with Gasteiger partial charge in [0.25, 0.3) is 0 Å². The van der Waals surface area contributed by atoms with Gasteiger partial charge < -0.3 is 4.74 Å². The number of allylic oxidation sites excluding steroid dienone is 2. The smallest absolute Gasteiger partial charge is 0.0898 e. The Bertz CT molecular complexity index is 508. The van der Waals surface area contributed by atoms with Crippen LogP contribution in [0.2, 0.25) is 0 Å². The van der Waals surface area contributed by atoms with Gasteiger partial charge in [-0.3, -0.25) is 0 Å². The van der Waals surface area contributed by atoms with Crippen molar-refractivity contribution in [1.29, 1.82) is 0 Å². The molecule has 1 heteroatoms. The summed E-state index contributed by atoms with van der Waals surface area (Å²) < 4.78 is 5.97. The van der Waals surface area contributed by atoms with Gasteiger partial charge in [-0.25, -0.2) is 0 Å². The second-order valence-electron chi connectivity index (χ2n) is 9.39. The lowest BCUT2D eigenvalue weighted by Crippen LogP contribution is -2.53. The molecule has 0 aromatic carbocycles. The molecule has 3 unspecified atom stereocenters. The van der Waals surface area contributed by atoms with E-state index < -0.39 is 0 Å². The summed E-state index contributed by atoms with van der Waals surface area (Å²) in [4.78, 5) is 0. The Hall–Kier alpha value is -0.300. The summed E-state index contributed by atoms with van der Waals surface area (Å²) in [6, 6.07) is 0. The highest BCUT2D eigenvalue weighted by atomic mass is 16.6. The van der Waals surface area contributed by atoms with Gasteiger partial charge in [0.1, 0.15) is 0 Å². The van der Waals surface area contributed by atoms with Crippen LogP contribution in [-0.4, -0.2) is 12.2 Å². The predicted octanol–water partition coefficient (Wildman–Crippen LogP) is 4.96. The third-order valence-corrected chi connectivity index (χ3v) is 8.43. The first-order valence-corrected chi connectivity index (χ1v) is 9.39. The van der Waals surface area contributed by atoms with Gasteiger partial charge >= 0.3 is 0 Å². The molecule has 1 heterocycles. The van der Waals surface area contributed by atoms with Crippen LogP contribution in [0.15, 0.2) is 11.6 Å². The van der Waals surface area contributed by atoms with Crippen LogP contribution in [0.5, 0.6) is 0 Å². The van der Waals surface area contributed by atoms with Crippen molar-refractivity contribution < 1.29 is 4.74 Å². The molecule has 0 bridgehead atoms. The molecule has 0 N–H and O–H groups in total. The van der Waals surface area contributed by atoms with E-state index in [0.717, 1.165) is 23.7 Å². The largest absolute Gasteiger partial charge is 0.369 e. The van der Waals surface area contributed by atoms with Crippen LogP contribution in [-0.2, 0) is 4.74 Å². The monoisotopic (exact) mass is 286 g/mol. The number of ether oxygens (including phenoxy) is 1. The fourth-order valence-corrected chi connectivity index (χ4v) is 7.77. The molecule has 5 aliphatic rings. The summed E-state index contributed by atoms with van der Waals surface area (Å²) in [5.41, 5.74) is 2.89. The number of fused-ring (bicyclic) bond motifs is 7. The van der Waals surface area contributed by atoms with Crippen molar-refractivity contribution >= 4 is 0 Å². The van der Waals surface area contributed by atoms with E-state index in [1.54, 1.807) is 0 Å². The Labute approximate surface area is 129 Å². The molecule has 1 aliphatic heterocycles.